The number of nitriles is 1. The number of hydrogen-bond donors (Lipinski definition) is 1. The molecule has 0 radical (unpaired) electrons. The molecule has 0 saturated heterocycles. The van der Waals surface area contributed by atoms with Gasteiger partial charge in [0.15, 0.2) is 0 Å². The van der Waals surface area contributed by atoms with Crippen molar-refractivity contribution in [3.05, 3.63) is 23.8 Å². The van der Waals surface area contributed by atoms with Crippen LogP contribution >= 0.6 is 0 Å². The normalized spacial score (nSPS) is 16.8. The molecule has 114 valence electrons. The maximum Gasteiger partial charge on any atom is 0.245 e. The van der Waals surface area contributed by atoms with Crippen molar-refractivity contribution in [1.82, 2.24) is 4.31 Å². The zero-order valence-corrected chi connectivity index (χ0v) is 13.1. The molecule has 0 bridgehead atoms. The molecule has 0 atom stereocenters. The zero-order valence-electron chi connectivity index (χ0n) is 12.2. The van der Waals surface area contributed by atoms with Gasteiger partial charge >= 0.3 is 0 Å². The number of sulfonamides is 1. The van der Waals surface area contributed by atoms with E-state index in [4.69, 9.17) is 11.0 Å². The van der Waals surface area contributed by atoms with Crippen LogP contribution in [0.5, 0.6) is 0 Å². The van der Waals surface area contributed by atoms with Gasteiger partial charge in [-0.05, 0) is 31.0 Å². The van der Waals surface area contributed by atoms with Crippen LogP contribution in [0.15, 0.2) is 23.1 Å². The summed E-state index contributed by atoms with van der Waals surface area (Å²) in [5.41, 5.74) is 6.36. The SMILES string of the molecule is CCN(C1CCCCC1)S(=O)(=O)c1ccc(C#N)cc1N. The van der Waals surface area contributed by atoms with Crippen LogP contribution in [0.2, 0.25) is 0 Å². The van der Waals surface area contributed by atoms with Gasteiger partial charge in [0.05, 0.1) is 17.3 Å². The lowest BCUT2D eigenvalue weighted by molar-refractivity contribution is 0.261. The van der Waals surface area contributed by atoms with Crippen molar-refractivity contribution in [2.24, 2.45) is 0 Å². The first-order chi connectivity index (χ1) is 10.0. The molecular weight excluding hydrogens is 286 g/mol. The summed E-state index contributed by atoms with van der Waals surface area (Å²) in [5, 5.41) is 8.85. The minimum atomic E-state index is -3.61. The van der Waals surface area contributed by atoms with Crippen molar-refractivity contribution in [3.8, 4) is 6.07 Å². The minimum absolute atomic E-state index is 0.0591. The second kappa shape index (κ2) is 6.46. The van der Waals surface area contributed by atoms with E-state index in [0.717, 1.165) is 25.7 Å². The van der Waals surface area contributed by atoms with E-state index in [0.29, 0.717) is 12.1 Å². The Morgan fingerprint density at radius 2 is 2.00 bits per heavy atom. The predicted octanol–water partition coefficient (Wildman–Crippen LogP) is 2.48. The standard InChI is InChI=1S/C15H21N3O2S/c1-2-18(13-6-4-3-5-7-13)21(19,20)15-9-8-12(11-16)10-14(15)17/h8-10,13H,2-7,17H2,1H3. The second-order valence-electron chi connectivity index (χ2n) is 5.36. The fourth-order valence-electron chi connectivity index (χ4n) is 2.97. The molecule has 2 N–H and O–H groups in total. The molecule has 0 unspecified atom stereocenters. The molecule has 1 aliphatic carbocycles. The van der Waals surface area contributed by atoms with E-state index in [1.54, 1.807) is 4.31 Å². The lowest BCUT2D eigenvalue weighted by atomic mass is 9.95. The van der Waals surface area contributed by atoms with E-state index in [1.165, 1.54) is 24.6 Å². The van der Waals surface area contributed by atoms with E-state index in [9.17, 15) is 8.42 Å². The molecule has 0 amide bonds. The molecule has 6 heteroatoms. The largest absolute Gasteiger partial charge is 0.398 e. The van der Waals surface area contributed by atoms with Crippen LogP contribution in [-0.4, -0.2) is 25.3 Å². The first kappa shape index (κ1) is 15.8. The molecule has 1 fully saturated rings. The fraction of sp³-hybridized carbons (Fsp3) is 0.533. The summed E-state index contributed by atoms with van der Waals surface area (Å²) in [6.07, 6.45) is 5.12. The summed E-state index contributed by atoms with van der Waals surface area (Å²) in [7, 11) is -3.61. The van der Waals surface area contributed by atoms with Crippen LogP contribution < -0.4 is 5.73 Å². The summed E-state index contributed by atoms with van der Waals surface area (Å²) in [5.74, 6) is 0. The highest BCUT2D eigenvalue weighted by Gasteiger charge is 2.32. The molecule has 0 spiro atoms. The lowest BCUT2D eigenvalue weighted by Crippen LogP contribution is -2.41. The third-order valence-corrected chi connectivity index (χ3v) is 6.12. The Morgan fingerprint density at radius 3 is 2.52 bits per heavy atom. The van der Waals surface area contributed by atoms with E-state index in [-0.39, 0.29) is 16.6 Å². The topological polar surface area (TPSA) is 87.2 Å². The molecular formula is C15H21N3O2S. The van der Waals surface area contributed by atoms with Gasteiger partial charge in [-0.25, -0.2) is 8.42 Å². The second-order valence-corrected chi connectivity index (χ2v) is 7.22. The van der Waals surface area contributed by atoms with Gasteiger partial charge in [0, 0.05) is 12.6 Å². The van der Waals surface area contributed by atoms with Gasteiger partial charge in [-0.15, -0.1) is 0 Å². The van der Waals surface area contributed by atoms with Crippen LogP contribution in [0.4, 0.5) is 5.69 Å². The number of nitrogen functional groups attached to an aromatic ring is 1. The first-order valence-corrected chi connectivity index (χ1v) is 8.76. The Kier molecular flexibility index (Phi) is 4.86. The van der Waals surface area contributed by atoms with E-state index in [2.05, 4.69) is 0 Å². The molecule has 1 aromatic carbocycles. The Morgan fingerprint density at radius 1 is 1.33 bits per heavy atom. The highest BCUT2D eigenvalue weighted by Crippen LogP contribution is 2.30. The molecule has 1 aromatic rings. The molecule has 0 aromatic heterocycles. The van der Waals surface area contributed by atoms with E-state index < -0.39 is 10.0 Å². The molecule has 1 saturated carbocycles. The van der Waals surface area contributed by atoms with Gasteiger partial charge < -0.3 is 5.73 Å². The summed E-state index contributed by atoms with van der Waals surface area (Å²) in [6, 6.07) is 6.38. The predicted molar refractivity (Wildman–Crippen MR) is 82.0 cm³/mol. The van der Waals surface area contributed by atoms with Crippen molar-refractivity contribution in [3.63, 3.8) is 0 Å². The monoisotopic (exact) mass is 307 g/mol. The number of anilines is 1. The third-order valence-electron chi connectivity index (χ3n) is 4.02. The average Bonchev–Trinajstić information content (AvgIpc) is 2.48. The summed E-state index contributed by atoms with van der Waals surface area (Å²) in [4.78, 5) is 0.105. The van der Waals surface area contributed by atoms with Gasteiger partial charge in [-0.2, -0.15) is 9.57 Å². The van der Waals surface area contributed by atoms with Crippen LogP contribution in [0, 0.1) is 11.3 Å². The Hall–Kier alpha value is -1.58. The van der Waals surface area contributed by atoms with Crippen molar-refractivity contribution >= 4 is 15.7 Å². The van der Waals surface area contributed by atoms with Gasteiger partial charge in [-0.1, -0.05) is 26.2 Å². The molecule has 0 aliphatic heterocycles. The fourth-order valence-corrected chi connectivity index (χ4v) is 4.77. The van der Waals surface area contributed by atoms with Crippen molar-refractivity contribution in [2.45, 2.75) is 50.0 Å². The summed E-state index contributed by atoms with van der Waals surface area (Å²) >= 11 is 0. The number of nitrogens with two attached hydrogens (primary N) is 1. The smallest absolute Gasteiger partial charge is 0.245 e. The highest BCUT2D eigenvalue weighted by atomic mass is 32.2. The lowest BCUT2D eigenvalue weighted by Gasteiger charge is -2.32. The number of rotatable bonds is 4. The zero-order chi connectivity index (χ0) is 15.5. The molecule has 5 nitrogen and oxygen atoms in total. The molecule has 0 heterocycles. The summed E-state index contributed by atoms with van der Waals surface area (Å²) < 4.78 is 27.3. The quantitative estimate of drug-likeness (QED) is 0.866. The van der Waals surface area contributed by atoms with Crippen LogP contribution in [0.1, 0.15) is 44.6 Å². The Bertz CT molecular complexity index is 643. The van der Waals surface area contributed by atoms with E-state index in [1.807, 2.05) is 13.0 Å². The summed E-state index contributed by atoms with van der Waals surface area (Å²) in [6.45, 7) is 2.29. The van der Waals surface area contributed by atoms with Crippen molar-refractivity contribution in [2.75, 3.05) is 12.3 Å². The molecule has 2 rings (SSSR count). The van der Waals surface area contributed by atoms with E-state index >= 15 is 0 Å². The number of hydrogen-bond acceptors (Lipinski definition) is 4. The first-order valence-electron chi connectivity index (χ1n) is 7.32. The Labute approximate surface area is 126 Å². The average molecular weight is 307 g/mol. The molecule has 21 heavy (non-hydrogen) atoms. The van der Waals surface area contributed by atoms with Gasteiger partial charge in [0.2, 0.25) is 10.0 Å². The Balaban J connectivity index is 2.37. The van der Waals surface area contributed by atoms with Gasteiger partial charge in [-0.3, -0.25) is 0 Å². The van der Waals surface area contributed by atoms with Crippen molar-refractivity contribution in [1.29, 1.82) is 5.26 Å². The maximum atomic E-state index is 12.8. The van der Waals surface area contributed by atoms with Gasteiger partial charge in [0.1, 0.15) is 4.90 Å². The number of nitrogens with zero attached hydrogens (tertiary/aromatic N) is 2. The van der Waals surface area contributed by atoms with Gasteiger partial charge in [0.25, 0.3) is 0 Å². The van der Waals surface area contributed by atoms with Crippen LogP contribution in [0.25, 0.3) is 0 Å². The molecule has 1 aliphatic rings. The van der Waals surface area contributed by atoms with Crippen LogP contribution in [-0.2, 0) is 10.0 Å². The minimum Gasteiger partial charge on any atom is -0.398 e. The number of benzene rings is 1. The highest BCUT2D eigenvalue weighted by molar-refractivity contribution is 7.89. The maximum absolute atomic E-state index is 12.8. The third kappa shape index (κ3) is 3.20. The van der Waals surface area contributed by atoms with Crippen molar-refractivity contribution < 1.29 is 8.42 Å². The van der Waals surface area contributed by atoms with Crippen LogP contribution in [0.3, 0.4) is 0 Å².